The lowest BCUT2D eigenvalue weighted by Crippen LogP contribution is -2.38. The Balaban J connectivity index is 1.53. The molecular formula is C23H27N3O. The number of para-hydroxylation sites is 1. The van der Waals surface area contributed by atoms with E-state index in [1.807, 2.05) is 60.8 Å². The molecular weight excluding hydrogens is 334 g/mol. The normalized spacial score (nSPS) is 16.4. The molecule has 2 aromatic carbocycles. The van der Waals surface area contributed by atoms with Gasteiger partial charge in [0.2, 0.25) is 0 Å². The van der Waals surface area contributed by atoms with Crippen molar-refractivity contribution in [3.63, 3.8) is 0 Å². The van der Waals surface area contributed by atoms with E-state index < -0.39 is 0 Å². The molecule has 0 amide bonds. The third-order valence-corrected chi connectivity index (χ3v) is 5.47. The van der Waals surface area contributed by atoms with Crippen LogP contribution in [0.5, 0.6) is 0 Å². The highest BCUT2D eigenvalue weighted by molar-refractivity contribution is 6.10. The summed E-state index contributed by atoms with van der Waals surface area (Å²) in [5.74, 6) is 0.122. The van der Waals surface area contributed by atoms with Gasteiger partial charge in [0.25, 0.3) is 0 Å². The van der Waals surface area contributed by atoms with Gasteiger partial charge in [-0.2, -0.15) is 0 Å². The number of nitrogens with one attached hydrogen (secondary N) is 2. The maximum Gasteiger partial charge on any atom is 0.186 e. The molecule has 4 rings (SSSR count). The number of ketones is 1. The fourth-order valence-corrected chi connectivity index (χ4v) is 3.99. The van der Waals surface area contributed by atoms with Crippen molar-refractivity contribution in [1.82, 2.24) is 15.2 Å². The van der Waals surface area contributed by atoms with Crippen LogP contribution >= 0.6 is 0 Å². The van der Waals surface area contributed by atoms with Crippen LogP contribution in [0.1, 0.15) is 41.2 Å². The molecule has 2 heterocycles. The number of carbonyl (C=O) groups excluding carboxylic acids is 1. The number of hydrogen-bond donors (Lipinski definition) is 2. The lowest BCUT2D eigenvalue weighted by molar-refractivity contribution is 0.0941. The number of benzene rings is 2. The number of Topliss-reactive ketones (excluding diaryl/α,β-unsaturated/α-hetero) is 1. The van der Waals surface area contributed by atoms with Crippen LogP contribution in [0.15, 0.2) is 60.8 Å². The highest BCUT2D eigenvalue weighted by Gasteiger charge is 2.24. The molecule has 0 saturated carbocycles. The number of piperidine rings is 1. The highest BCUT2D eigenvalue weighted by atomic mass is 16.1. The van der Waals surface area contributed by atoms with Gasteiger partial charge in [0.05, 0.1) is 6.04 Å². The number of H-pyrrole nitrogens is 1. The van der Waals surface area contributed by atoms with Crippen molar-refractivity contribution in [2.24, 2.45) is 0 Å². The molecule has 140 valence electrons. The summed E-state index contributed by atoms with van der Waals surface area (Å²) in [6, 6.07) is 17.7. The Kier molecular flexibility index (Phi) is 5.66. The van der Waals surface area contributed by atoms with Gasteiger partial charge in [0.15, 0.2) is 5.78 Å². The lowest BCUT2D eigenvalue weighted by atomic mass is 9.97. The Bertz CT molecular complexity index is 881. The van der Waals surface area contributed by atoms with Gasteiger partial charge < -0.3 is 15.2 Å². The maximum atomic E-state index is 13.4. The van der Waals surface area contributed by atoms with E-state index in [4.69, 9.17) is 0 Å². The minimum absolute atomic E-state index is 0.122. The quantitative estimate of drug-likeness (QED) is 0.621. The first-order chi connectivity index (χ1) is 13.3. The summed E-state index contributed by atoms with van der Waals surface area (Å²) in [6.07, 6.45) is 5.76. The van der Waals surface area contributed by atoms with Crippen molar-refractivity contribution < 1.29 is 4.79 Å². The monoisotopic (exact) mass is 361 g/mol. The van der Waals surface area contributed by atoms with Gasteiger partial charge in [-0.25, -0.2) is 0 Å². The second kappa shape index (κ2) is 8.51. The zero-order chi connectivity index (χ0) is 18.5. The van der Waals surface area contributed by atoms with E-state index >= 15 is 0 Å². The predicted molar refractivity (Wildman–Crippen MR) is 110 cm³/mol. The summed E-state index contributed by atoms with van der Waals surface area (Å²) in [5, 5.41) is 4.52. The third kappa shape index (κ3) is 4.12. The van der Waals surface area contributed by atoms with Crippen LogP contribution in [0.3, 0.4) is 0 Å². The molecule has 3 aromatic rings. The molecule has 1 atom stereocenters. The zero-order valence-electron chi connectivity index (χ0n) is 15.7. The molecule has 4 nitrogen and oxygen atoms in total. The van der Waals surface area contributed by atoms with Crippen molar-refractivity contribution in [2.75, 3.05) is 26.2 Å². The molecule has 1 aliphatic rings. The molecule has 0 spiro atoms. The first-order valence-corrected chi connectivity index (χ1v) is 9.94. The van der Waals surface area contributed by atoms with Crippen LogP contribution in [0.2, 0.25) is 0 Å². The lowest BCUT2D eigenvalue weighted by Gasteiger charge is -2.27. The molecule has 0 bridgehead atoms. The molecule has 27 heavy (non-hydrogen) atoms. The number of likely N-dealkylation sites (tertiary alicyclic amines) is 1. The van der Waals surface area contributed by atoms with E-state index in [1.54, 1.807) is 0 Å². The van der Waals surface area contributed by atoms with Crippen LogP contribution in [-0.4, -0.2) is 41.8 Å². The summed E-state index contributed by atoms with van der Waals surface area (Å²) in [4.78, 5) is 19.1. The van der Waals surface area contributed by atoms with Gasteiger partial charge in [0.1, 0.15) is 0 Å². The number of carbonyl (C=O) groups is 1. The Hall–Kier alpha value is -2.43. The molecule has 0 unspecified atom stereocenters. The number of fused-ring (bicyclic) bond motifs is 1. The fraction of sp³-hybridized carbons (Fsp3) is 0.348. The van der Waals surface area contributed by atoms with E-state index in [0.29, 0.717) is 0 Å². The Morgan fingerprint density at radius 3 is 2.56 bits per heavy atom. The minimum atomic E-state index is -0.324. The molecule has 0 radical (unpaired) electrons. The Labute approximate surface area is 160 Å². The summed E-state index contributed by atoms with van der Waals surface area (Å²) in [5.41, 5.74) is 2.78. The molecule has 4 heteroatoms. The SMILES string of the molecule is O=C(c1c[nH]c2ccccc12)[C@H](NCCN1CCCCC1)c1ccccc1. The standard InChI is InChI=1S/C23H27N3O/c27-23(20-17-25-21-12-6-5-11-19(20)21)22(18-9-3-1-4-10-18)24-13-16-26-14-7-2-8-15-26/h1,3-6,9-12,17,22,24-25H,2,7-8,13-16H2/t22-/m1/s1. The van der Waals surface area contributed by atoms with Crippen LogP contribution in [0, 0.1) is 0 Å². The van der Waals surface area contributed by atoms with Crippen molar-refractivity contribution >= 4 is 16.7 Å². The third-order valence-electron chi connectivity index (χ3n) is 5.47. The van der Waals surface area contributed by atoms with Crippen molar-refractivity contribution in [3.05, 3.63) is 71.9 Å². The summed E-state index contributed by atoms with van der Waals surface area (Å²) < 4.78 is 0. The van der Waals surface area contributed by atoms with Crippen molar-refractivity contribution in [2.45, 2.75) is 25.3 Å². The van der Waals surface area contributed by atoms with E-state index in [0.717, 1.165) is 35.1 Å². The first-order valence-electron chi connectivity index (χ1n) is 9.94. The van der Waals surface area contributed by atoms with Crippen LogP contribution in [-0.2, 0) is 0 Å². The second-order valence-electron chi connectivity index (χ2n) is 7.31. The van der Waals surface area contributed by atoms with E-state index in [2.05, 4.69) is 15.2 Å². The maximum absolute atomic E-state index is 13.4. The predicted octanol–water partition coefficient (Wildman–Crippen LogP) is 4.17. The molecule has 2 N–H and O–H groups in total. The second-order valence-corrected chi connectivity index (χ2v) is 7.31. The summed E-state index contributed by atoms with van der Waals surface area (Å²) in [7, 11) is 0. The first kappa shape index (κ1) is 18.0. The molecule has 1 fully saturated rings. The Morgan fingerprint density at radius 2 is 1.74 bits per heavy atom. The van der Waals surface area contributed by atoms with Crippen LogP contribution < -0.4 is 5.32 Å². The number of rotatable bonds is 7. The van der Waals surface area contributed by atoms with E-state index in [-0.39, 0.29) is 11.8 Å². The number of hydrogen-bond acceptors (Lipinski definition) is 3. The van der Waals surface area contributed by atoms with Crippen molar-refractivity contribution in [1.29, 1.82) is 0 Å². The molecule has 1 saturated heterocycles. The van der Waals surface area contributed by atoms with Crippen molar-refractivity contribution in [3.8, 4) is 0 Å². The average Bonchev–Trinajstić information content (AvgIpc) is 3.16. The Morgan fingerprint density at radius 1 is 1.00 bits per heavy atom. The van der Waals surface area contributed by atoms with Gasteiger partial charge in [-0.15, -0.1) is 0 Å². The van der Waals surface area contributed by atoms with Gasteiger partial charge >= 0.3 is 0 Å². The zero-order valence-corrected chi connectivity index (χ0v) is 15.7. The van der Waals surface area contributed by atoms with Gasteiger partial charge in [0, 0.05) is 35.8 Å². The topological polar surface area (TPSA) is 48.1 Å². The van der Waals surface area contributed by atoms with E-state index in [1.165, 1.54) is 32.4 Å². The highest BCUT2D eigenvalue weighted by Crippen LogP contribution is 2.24. The van der Waals surface area contributed by atoms with Gasteiger partial charge in [-0.3, -0.25) is 4.79 Å². The molecule has 0 aliphatic carbocycles. The molecule has 1 aromatic heterocycles. The number of aromatic amines is 1. The van der Waals surface area contributed by atoms with Crippen LogP contribution in [0.4, 0.5) is 0 Å². The fourth-order valence-electron chi connectivity index (χ4n) is 3.99. The minimum Gasteiger partial charge on any atom is -0.360 e. The number of aromatic nitrogens is 1. The molecule has 1 aliphatic heterocycles. The smallest absolute Gasteiger partial charge is 0.186 e. The average molecular weight is 361 g/mol. The summed E-state index contributed by atoms with van der Waals surface area (Å²) in [6.45, 7) is 4.15. The van der Waals surface area contributed by atoms with Gasteiger partial charge in [-0.05, 0) is 37.6 Å². The largest absolute Gasteiger partial charge is 0.360 e. The number of nitrogens with zero attached hydrogens (tertiary/aromatic N) is 1. The van der Waals surface area contributed by atoms with Crippen LogP contribution in [0.25, 0.3) is 10.9 Å². The van der Waals surface area contributed by atoms with E-state index in [9.17, 15) is 4.79 Å². The van der Waals surface area contributed by atoms with Gasteiger partial charge in [-0.1, -0.05) is 55.0 Å². The summed E-state index contributed by atoms with van der Waals surface area (Å²) >= 11 is 0.